The number of aliphatic hydroxyl groups excluding tert-OH is 2. The lowest BCUT2D eigenvalue weighted by Crippen LogP contribution is -2.47. The molecule has 2 aliphatic carbocycles. The topological polar surface area (TPSA) is 69.9 Å². The number of fused-ring (bicyclic) bond motifs is 2. The predicted octanol–water partition coefficient (Wildman–Crippen LogP) is 1.08. The minimum Gasteiger partial charge on any atom is -0.396 e. The maximum absolute atomic E-state index is 10.8. The third-order valence-electron chi connectivity index (χ3n) is 4.84. The Bertz CT molecular complexity index is 234. The second kappa shape index (κ2) is 6.33. The van der Waals surface area contributed by atoms with Crippen molar-refractivity contribution in [1.29, 1.82) is 0 Å². The van der Waals surface area contributed by atoms with Gasteiger partial charge in [0.15, 0.2) is 0 Å². The van der Waals surface area contributed by atoms with E-state index in [1.165, 1.54) is 6.42 Å². The summed E-state index contributed by atoms with van der Waals surface area (Å²) < 4.78 is 5.78. The fourth-order valence-electron chi connectivity index (χ4n) is 3.72. The molecule has 2 rings (SSSR count). The lowest BCUT2D eigenvalue weighted by molar-refractivity contribution is -0.134. The zero-order valence-corrected chi connectivity index (χ0v) is 11.1. The van der Waals surface area contributed by atoms with Crippen LogP contribution in [0.1, 0.15) is 44.9 Å². The second-order valence-corrected chi connectivity index (χ2v) is 5.85. The molecule has 0 amide bonds. The molecule has 2 saturated carbocycles. The highest BCUT2D eigenvalue weighted by Gasteiger charge is 2.50. The highest BCUT2D eigenvalue weighted by molar-refractivity contribution is 5.01. The zero-order chi connectivity index (χ0) is 13.0. The van der Waals surface area contributed by atoms with Crippen LogP contribution in [-0.2, 0) is 4.74 Å². The van der Waals surface area contributed by atoms with Crippen LogP contribution in [0.2, 0.25) is 0 Å². The van der Waals surface area contributed by atoms with Crippen molar-refractivity contribution in [3.63, 3.8) is 0 Å². The van der Waals surface area contributed by atoms with E-state index >= 15 is 0 Å². The first-order valence-electron chi connectivity index (χ1n) is 7.26. The summed E-state index contributed by atoms with van der Waals surface area (Å²) >= 11 is 0. The Kier molecular flexibility index (Phi) is 5.01. The van der Waals surface area contributed by atoms with E-state index in [0.29, 0.717) is 31.3 Å². The van der Waals surface area contributed by atoms with Crippen molar-refractivity contribution in [1.82, 2.24) is 0 Å². The predicted molar refractivity (Wildman–Crippen MR) is 68.2 cm³/mol. The average molecular weight is 258 g/mol. The van der Waals surface area contributed by atoms with Crippen molar-refractivity contribution in [3.8, 4) is 0 Å². The fraction of sp³-hybridized carbons (Fsp3) is 1.00. The summed E-state index contributed by atoms with van der Waals surface area (Å²) in [6.07, 6.45) is 6.63. The van der Waals surface area contributed by atoms with Gasteiger partial charge < -0.3 is 20.1 Å². The van der Waals surface area contributed by atoms with Crippen molar-refractivity contribution < 1.29 is 20.1 Å². The highest BCUT2D eigenvalue weighted by atomic mass is 16.5. The minimum absolute atomic E-state index is 0.0654. The minimum atomic E-state index is -0.651. The molecule has 2 aliphatic rings. The Balaban J connectivity index is 1.87. The van der Waals surface area contributed by atoms with E-state index in [1.54, 1.807) is 0 Å². The normalized spacial score (nSPS) is 35.3. The van der Waals surface area contributed by atoms with Crippen LogP contribution in [0.4, 0.5) is 0 Å². The molecule has 106 valence electrons. The molecule has 0 saturated heterocycles. The summed E-state index contributed by atoms with van der Waals surface area (Å²) in [6, 6.07) is 0. The van der Waals surface area contributed by atoms with Gasteiger partial charge in [-0.1, -0.05) is 6.42 Å². The molecule has 0 aromatic heterocycles. The molecule has 2 unspecified atom stereocenters. The number of hydrogen-bond donors (Lipinski definition) is 3. The Morgan fingerprint density at radius 1 is 1.00 bits per heavy atom. The van der Waals surface area contributed by atoms with Crippen LogP contribution in [0.3, 0.4) is 0 Å². The van der Waals surface area contributed by atoms with E-state index in [9.17, 15) is 5.11 Å². The van der Waals surface area contributed by atoms with Crippen molar-refractivity contribution in [3.05, 3.63) is 0 Å². The van der Waals surface area contributed by atoms with E-state index in [2.05, 4.69) is 0 Å². The lowest BCUT2D eigenvalue weighted by Gasteiger charge is -2.40. The monoisotopic (exact) mass is 258 g/mol. The van der Waals surface area contributed by atoms with Crippen LogP contribution in [0, 0.1) is 11.8 Å². The Morgan fingerprint density at radius 2 is 1.56 bits per heavy atom. The van der Waals surface area contributed by atoms with Gasteiger partial charge in [-0.25, -0.2) is 0 Å². The smallest absolute Gasteiger partial charge is 0.0936 e. The standard InChI is InChI=1S/C14H26O4/c15-8-6-13(7-9-16)18-10-14(17)11-2-1-3-12(14)5-4-11/h11-13,15-17H,1-10H2/t11-,12?,14?/m1/s1. The maximum atomic E-state index is 10.8. The molecular formula is C14H26O4. The van der Waals surface area contributed by atoms with E-state index in [0.717, 1.165) is 25.7 Å². The van der Waals surface area contributed by atoms with E-state index < -0.39 is 5.60 Å². The van der Waals surface area contributed by atoms with Crippen LogP contribution < -0.4 is 0 Å². The molecule has 0 radical (unpaired) electrons. The van der Waals surface area contributed by atoms with Crippen LogP contribution >= 0.6 is 0 Å². The van der Waals surface area contributed by atoms with Crippen LogP contribution in [0.15, 0.2) is 0 Å². The molecule has 0 aromatic rings. The summed E-state index contributed by atoms with van der Waals surface area (Å²) in [4.78, 5) is 0. The molecule has 18 heavy (non-hydrogen) atoms. The summed E-state index contributed by atoms with van der Waals surface area (Å²) in [6.45, 7) is 0.499. The van der Waals surface area contributed by atoms with Gasteiger partial charge in [-0.3, -0.25) is 0 Å². The molecule has 4 heteroatoms. The molecule has 3 N–H and O–H groups in total. The van der Waals surface area contributed by atoms with E-state index in [4.69, 9.17) is 14.9 Å². The van der Waals surface area contributed by atoms with Gasteiger partial charge in [0, 0.05) is 13.2 Å². The van der Waals surface area contributed by atoms with Crippen LogP contribution in [-0.4, -0.2) is 46.8 Å². The van der Waals surface area contributed by atoms with Crippen LogP contribution in [0.25, 0.3) is 0 Å². The third kappa shape index (κ3) is 2.87. The SMILES string of the molecule is OCCC(CCO)OCC1(O)C2CCC[C@@H]1CC2. The van der Waals surface area contributed by atoms with E-state index in [-0.39, 0.29) is 19.3 Å². The van der Waals surface area contributed by atoms with Gasteiger partial charge in [0.2, 0.25) is 0 Å². The van der Waals surface area contributed by atoms with Crippen LogP contribution in [0.5, 0.6) is 0 Å². The van der Waals surface area contributed by atoms with Gasteiger partial charge in [-0.2, -0.15) is 0 Å². The third-order valence-corrected chi connectivity index (χ3v) is 4.84. The molecule has 0 aromatic carbocycles. The van der Waals surface area contributed by atoms with E-state index in [1.807, 2.05) is 0 Å². The highest BCUT2D eigenvalue weighted by Crippen LogP contribution is 2.49. The fourth-order valence-corrected chi connectivity index (χ4v) is 3.72. The van der Waals surface area contributed by atoms with Crippen molar-refractivity contribution >= 4 is 0 Å². The molecule has 0 aliphatic heterocycles. The Hall–Kier alpha value is -0.160. The first-order valence-corrected chi connectivity index (χ1v) is 7.26. The second-order valence-electron chi connectivity index (χ2n) is 5.85. The van der Waals surface area contributed by atoms with Crippen molar-refractivity contribution in [2.45, 2.75) is 56.7 Å². The summed E-state index contributed by atoms with van der Waals surface area (Å²) in [5.41, 5.74) is -0.651. The van der Waals surface area contributed by atoms with Crippen molar-refractivity contribution in [2.75, 3.05) is 19.8 Å². The Labute approximate surface area is 109 Å². The number of rotatable bonds is 7. The first-order chi connectivity index (χ1) is 8.70. The van der Waals surface area contributed by atoms with Gasteiger partial charge in [0.05, 0.1) is 18.3 Å². The molecule has 2 bridgehead atoms. The zero-order valence-electron chi connectivity index (χ0n) is 11.1. The number of hydrogen-bond acceptors (Lipinski definition) is 4. The molecule has 4 nitrogen and oxygen atoms in total. The quantitative estimate of drug-likeness (QED) is 0.639. The van der Waals surface area contributed by atoms with Gasteiger partial charge in [-0.05, 0) is 50.4 Å². The van der Waals surface area contributed by atoms with Gasteiger partial charge in [0.25, 0.3) is 0 Å². The number of ether oxygens (including phenoxy) is 1. The number of aliphatic hydroxyl groups is 3. The summed E-state index contributed by atoms with van der Waals surface area (Å²) in [5, 5.41) is 28.7. The molecule has 3 atom stereocenters. The van der Waals surface area contributed by atoms with Gasteiger partial charge in [0.1, 0.15) is 0 Å². The van der Waals surface area contributed by atoms with Gasteiger partial charge in [-0.15, -0.1) is 0 Å². The Morgan fingerprint density at radius 3 is 2.06 bits per heavy atom. The molecule has 2 fully saturated rings. The molecule has 0 heterocycles. The summed E-state index contributed by atoms with van der Waals surface area (Å²) in [7, 11) is 0. The maximum Gasteiger partial charge on any atom is 0.0936 e. The summed E-state index contributed by atoms with van der Waals surface area (Å²) in [5.74, 6) is 0.778. The average Bonchev–Trinajstić information content (AvgIpc) is 2.58. The first kappa shape index (κ1) is 14.3. The lowest BCUT2D eigenvalue weighted by atomic mass is 9.75. The largest absolute Gasteiger partial charge is 0.396 e. The molecule has 0 spiro atoms. The molecular weight excluding hydrogens is 232 g/mol. The van der Waals surface area contributed by atoms with Gasteiger partial charge >= 0.3 is 0 Å². The van der Waals surface area contributed by atoms with Crippen molar-refractivity contribution in [2.24, 2.45) is 11.8 Å².